The van der Waals surface area contributed by atoms with Gasteiger partial charge >= 0.3 is 0 Å². The molecule has 0 fully saturated rings. The first-order valence-electron chi connectivity index (χ1n) is 7.65. The number of rotatable bonds is 9. The van der Waals surface area contributed by atoms with Crippen molar-refractivity contribution in [2.75, 3.05) is 40.0 Å². The van der Waals surface area contributed by atoms with E-state index in [2.05, 4.69) is 5.32 Å². The van der Waals surface area contributed by atoms with Crippen molar-refractivity contribution in [3.63, 3.8) is 0 Å². The first kappa shape index (κ1) is 19.6. The molecule has 0 heterocycles. The SMILES string of the molecule is CC(c1ccccc1)N(CC(=O)NCCCN(C)C)S(C)(=O)=O. The first-order valence-corrected chi connectivity index (χ1v) is 9.50. The van der Waals surface area contributed by atoms with Crippen LogP contribution in [0.1, 0.15) is 24.9 Å². The average Bonchev–Trinajstić information content (AvgIpc) is 2.48. The molecule has 0 aliphatic carbocycles. The van der Waals surface area contributed by atoms with Crippen LogP contribution in [0.3, 0.4) is 0 Å². The molecule has 0 aromatic heterocycles. The monoisotopic (exact) mass is 341 g/mol. The van der Waals surface area contributed by atoms with Gasteiger partial charge in [-0.05, 0) is 39.5 Å². The van der Waals surface area contributed by atoms with Crippen molar-refractivity contribution in [1.82, 2.24) is 14.5 Å². The third-order valence-corrected chi connectivity index (χ3v) is 4.84. The van der Waals surface area contributed by atoms with E-state index < -0.39 is 16.1 Å². The lowest BCUT2D eigenvalue weighted by Crippen LogP contribution is -2.42. The quantitative estimate of drug-likeness (QED) is 0.682. The second-order valence-corrected chi connectivity index (χ2v) is 7.84. The summed E-state index contributed by atoms with van der Waals surface area (Å²) in [5, 5.41) is 2.78. The van der Waals surface area contributed by atoms with Crippen molar-refractivity contribution in [2.45, 2.75) is 19.4 Å². The van der Waals surface area contributed by atoms with E-state index in [1.54, 1.807) is 6.92 Å². The first-order chi connectivity index (χ1) is 10.7. The maximum Gasteiger partial charge on any atom is 0.235 e. The van der Waals surface area contributed by atoms with Gasteiger partial charge in [-0.1, -0.05) is 30.3 Å². The third kappa shape index (κ3) is 7.11. The number of amides is 1. The molecule has 1 amide bonds. The summed E-state index contributed by atoms with van der Waals surface area (Å²) >= 11 is 0. The molecule has 1 aromatic carbocycles. The second-order valence-electron chi connectivity index (χ2n) is 5.90. The zero-order chi connectivity index (χ0) is 17.5. The molecule has 0 aliphatic rings. The van der Waals surface area contributed by atoms with Crippen molar-refractivity contribution >= 4 is 15.9 Å². The zero-order valence-electron chi connectivity index (χ0n) is 14.3. The second kappa shape index (κ2) is 9.00. The van der Waals surface area contributed by atoms with Crippen molar-refractivity contribution in [3.8, 4) is 0 Å². The Hall–Kier alpha value is -1.44. The molecule has 1 aromatic rings. The zero-order valence-corrected chi connectivity index (χ0v) is 15.1. The molecule has 1 N–H and O–H groups in total. The fraction of sp³-hybridized carbons (Fsp3) is 0.562. The Labute approximate surface area is 139 Å². The van der Waals surface area contributed by atoms with Crippen LogP contribution in [0, 0.1) is 0 Å². The lowest BCUT2D eigenvalue weighted by Gasteiger charge is -2.26. The van der Waals surface area contributed by atoms with Gasteiger partial charge in [0.25, 0.3) is 0 Å². The number of sulfonamides is 1. The van der Waals surface area contributed by atoms with Gasteiger partial charge in [0.1, 0.15) is 0 Å². The smallest absolute Gasteiger partial charge is 0.235 e. The Bertz CT molecular complexity index is 588. The van der Waals surface area contributed by atoms with Crippen LogP contribution in [0.25, 0.3) is 0 Å². The van der Waals surface area contributed by atoms with Crippen LogP contribution in [0.2, 0.25) is 0 Å². The van der Waals surface area contributed by atoms with Gasteiger partial charge in [0.15, 0.2) is 0 Å². The summed E-state index contributed by atoms with van der Waals surface area (Å²) in [6.45, 7) is 3.03. The minimum atomic E-state index is -3.49. The summed E-state index contributed by atoms with van der Waals surface area (Å²) in [6, 6.07) is 8.91. The summed E-state index contributed by atoms with van der Waals surface area (Å²) in [5.74, 6) is -0.281. The van der Waals surface area contributed by atoms with Crippen LogP contribution in [-0.4, -0.2) is 63.5 Å². The molecular formula is C16H27N3O3S. The average molecular weight is 341 g/mol. The van der Waals surface area contributed by atoms with Crippen molar-refractivity contribution in [3.05, 3.63) is 35.9 Å². The molecule has 0 radical (unpaired) electrons. The van der Waals surface area contributed by atoms with Gasteiger partial charge in [-0.25, -0.2) is 8.42 Å². The molecule has 0 saturated heterocycles. The minimum Gasteiger partial charge on any atom is -0.355 e. The third-order valence-electron chi connectivity index (χ3n) is 3.54. The van der Waals surface area contributed by atoms with Gasteiger partial charge in [0.05, 0.1) is 12.8 Å². The lowest BCUT2D eigenvalue weighted by atomic mass is 10.1. The van der Waals surface area contributed by atoms with E-state index in [1.165, 1.54) is 4.31 Å². The number of hydrogen-bond acceptors (Lipinski definition) is 4. The maximum absolute atomic E-state index is 12.0. The largest absolute Gasteiger partial charge is 0.355 e. The van der Waals surface area contributed by atoms with Crippen molar-refractivity contribution in [1.29, 1.82) is 0 Å². The predicted octanol–water partition coefficient (Wildman–Crippen LogP) is 1.08. The standard InChI is InChI=1S/C16H27N3O3S/c1-14(15-9-6-5-7-10-15)19(23(4,21)22)13-16(20)17-11-8-12-18(2)3/h5-7,9-10,14H,8,11-13H2,1-4H3,(H,17,20). The Balaban J connectivity index is 2.67. The molecule has 130 valence electrons. The van der Waals surface area contributed by atoms with Crippen LogP contribution in [0.5, 0.6) is 0 Å². The fourth-order valence-corrected chi connectivity index (χ4v) is 3.31. The molecule has 1 rings (SSSR count). The molecule has 0 saturated carbocycles. The van der Waals surface area contributed by atoms with Gasteiger partial charge in [0.2, 0.25) is 15.9 Å². The molecule has 0 spiro atoms. The summed E-state index contributed by atoms with van der Waals surface area (Å²) < 4.78 is 25.3. The minimum absolute atomic E-state index is 0.170. The highest BCUT2D eigenvalue weighted by Crippen LogP contribution is 2.22. The van der Waals surface area contributed by atoms with E-state index in [1.807, 2.05) is 49.3 Å². The normalized spacial score (nSPS) is 13.3. The predicted molar refractivity (Wildman–Crippen MR) is 92.6 cm³/mol. The van der Waals surface area contributed by atoms with Crippen molar-refractivity contribution < 1.29 is 13.2 Å². The van der Waals surface area contributed by atoms with Crippen molar-refractivity contribution in [2.24, 2.45) is 0 Å². The Kier molecular flexibility index (Phi) is 7.67. The Morgan fingerprint density at radius 3 is 2.35 bits per heavy atom. The highest BCUT2D eigenvalue weighted by molar-refractivity contribution is 7.88. The number of carbonyl (C=O) groups excluding carboxylic acids is 1. The molecule has 1 unspecified atom stereocenters. The van der Waals surface area contributed by atoms with Gasteiger partial charge in [-0.15, -0.1) is 0 Å². The van der Waals surface area contributed by atoms with Gasteiger partial charge < -0.3 is 10.2 Å². The molecule has 6 nitrogen and oxygen atoms in total. The van der Waals surface area contributed by atoms with Crippen LogP contribution >= 0.6 is 0 Å². The molecule has 23 heavy (non-hydrogen) atoms. The Morgan fingerprint density at radius 2 is 1.83 bits per heavy atom. The number of nitrogens with zero attached hydrogens (tertiary/aromatic N) is 2. The Morgan fingerprint density at radius 1 is 1.22 bits per heavy atom. The van der Waals surface area contributed by atoms with Gasteiger partial charge in [-0.2, -0.15) is 4.31 Å². The topological polar surface area (TPSA) is 69.7 Å². The van der Waals surface area contributed by atoms with E-state index in [-0.39, 0.29) is 12.5 Å². The van der Waals surface area contributed by atoms with Crippen LogP contribution in [-0.2, 0) is 14.8 Å². The number of carbonyl (C=O) groups is 1. The maximum atomic E-state index is 12.0. The molecule has 0 aliphatic heterocycles. The van der Waals surface area contributed by atoms with E-state index in [0.29, 0.717) is 6.54 Å². The van der Waals surface area contributed by atoms with E-state index in [9.17, 15) is 13.2 Å². The highest BCUT2D eigenvalue weighted by Gasteiger charge is 2.26. The number of nitrogens with one attached hydrogen (secondary N) is 1. The van der Waals surface area contributed by atoms with Crippen LogP contribution in [0.4, 0.5) is 0 Å². The molecule has 1 atom stereocenters. The molecule has 0 bridgehead atoms. The summed E-state index contributed by atoms with van der Waals surface area (Å²) in [6.07, 6.45) is 1.96. The van der Waals surface area contributed by atoms with Crippen LogP contribution < -0.4 is 5.32 Å². The van der Waals surface area contributed by atoms with E-state index in [4.69, 9.17) is 0 Å². The fourth-order valence-electron chi connectivity index (χ4n) is 2.26. The summed E-state index contributed by atoms with van der Waals surface area (Å²) in [7, 11) is 0.447. The van der Waals surface area contributed by atoms with E-state index in [0.717, 1.165) is 24.8 Å². The summed E-state index contributed by atoms with van der Waals surface area (Å²) in [5.41, 5.74) is 0.860. The molecular weight excluding hydrogens is 314 g/mol. The van der Waals surface area contributed by atoms with Gasteiger partial charge in [0, 0.05) is 12.6 Å². The molecule has 7 heteroatoms. The van der Waals surface area contributed by atoms with Crippen LogP contribution in [0.15, 0.2) is 30.3 Å². The highest BCUT2D eigenvalue weighted by atomic mass is 32.2. The summed E-state index contributed by atoms with van der Waals surface area (Å²) in [4.78, 5) is 14.1. The van der Waals surface area contributed by atoms with Gasteiger partial charge in [-0.3, -0.25) is 4.79 Å². The lowest BCUT2D eigenvalue weighted by molar-refractivity contribution is -0.121. The number of hydrogen-bond donors (Lipinski definition) is 1. The van der Waals surface area contributed by atoms with E-state index >= 15 is 0 Å². The number of benzene rings is 1.